The smallest absolute Gasteiger partial charge is 0.278 e. The molecule has 3 N–H and O–H groups in total. The first kappa shape index (κ1) is 21.5. The maximum atomic E-state index is 13.0. The quantitative estimate of drug-likeness (QED) is 0.330. The van der Waals surface area contributed by atoms with Gasteiger partial charge in [0.2, 0.25) is 0 Å². The largest absolute Gasteiger partial charge is 0.318 e. The molecule has 10 heteroatoms. The predicted molar refractivity (Wildman–Crippen MR) is 129 cm³/mol. The van der Waals surface area contributed by atoms with Crippen molar-refractivity contribution in [2.75, 3.05) is 26.0 Å². The first-order valence-corrected chi connectivity index (χ1v) is 11.0. The van der Waals surface area contributed by atoms with E-state index < -0.39 is 0 Å². The van der Waals surface area contributed by atoms with E-state index in [1.165, 1.54) is 5.56 Å². The summed E-state index contributed by atoms with van der Waals surface area (Å²) in [5.41, 5.74) is 4.96. The van der Waals surface area contributed by atoms with Crippen LogP contribution in [0.3, 0.4) is 0 Å². The highest BCUT2D eigenvalue weighted by atomic mass is 16.2. The first-order chi connectivity index (χ1) is 16.6. The van der Waals surface area contributed by atoms with Gasteiger partial charge in [0.1, 0.15) is 5.52 Å². The minimum absolute atomic E-state index is 0.0588. The van der Waals surface area contributed by atoms with Crippen molar-refractivity contribution in [3.8, 4) is 11.1 Å². The maximum Gasteiger partial charge on any atom is 0.278 e. The fourth-order valence-corrected chi connectivity index (χ4v) is 3.90. The summed E-state index contributed by atoms with van der Waals surface area (Å²) in [7, 11) is 4.11. The van der Waals surface area contributed by atoms with Gasteiger partial charge in [-0.05, 0) is 38.7 Å². The summed E-state index contributed by atoms with van der Waals surface area (Å²) in [5.74, 6) is -0.348. The van der Waals surface area contributed by atoms with Crippen LogP contribution in [0.1, 0.15) is 28.5 Å². The van der Waals surface area contributed by atoms with Crippen molar-refractivity contribution in [3.05, 3.63) is 78.6 Å². The van der Waals surface area contributed by atoms with Crippen LogP contribution in [-0.4, -0.2) is 66.6 Å². The number of nitrogens with one attached hydrogen (secondary N) is 3. The molecule has 10 nitrogen and oxygen atoms in total. The third-order valence-electron chi connectivity index (χ3n) is 5.66. The van der Waals surface area contributed by atoms with Gasteiger partial charge in [0.15, 0.2) is 5.69 Å². The maximum absolute atomic E-state index is 13.0. The lowest BCUT2D eigenvalue weighted by Crippen LogP contribution is -2.20. The molecule has 1 atom stereocenters. The van der Waals surface area contributed by atoms with Crippen LogP contribution in [0.5, 0.6) is 0 Å². The van der Waals surface area contributed by atoms with Gasteiger partial charge in [-0.3, -0.25) is 24.7 Å². The molecule has 5 aromatic rings. The summed E-state index contributed by atoms with van der Waals surface area (Å²) in [4.78, 5) is 19.6. The number of carbonyl (C=O) groups is 1. The normalized spacial score (nSPS) is 12.3. The summed E-state index contributed by atoms with van der Waals surface area (Å²) in [6, 6.07) is 12.2. The second kappa shape index (κ2) is 9.28. The lowest BCUT2D eigenvalue weighted by Gasteiger charge is -2.20. The topological polar surface area (TPSA) is 120 Å². The Labute approximate surface area is 196 Å². The van der Waals surface area contributed by atoms with Gasteiger partial charge in [-0.1, -0.05) is 30.3 Å². The number of amides is 1. The molecule has 5 rings (SSSR count). The lowest BCUT2D eigenvalue weighted by molar-refractivity contribution is 0.102. The van der Waals surface area contributed by atoms with Gasteiger partial charge in [0.25, 0.3) is 5.91 Å². The fourth-order valence-electron chi connectivity index (χ4n) is 3.90. The molecule has 0 radical (unpaired) electrons. The first-order valence-electron chi connectivity index (χ1n) is 11.0. The van der Waals surface area contributed by atoms with Crippen LogP contribution in [-0.2, 0) is 0 Å². The lowest BCUT2D eigenvalue weighted by atomic mass is 10.0. The van der Waals surface area contributed by atoms with Crippen LogP contribution in [0, 0.1) is 0 Å². The second-order valence-electron chi connectivity index (χ2n) is 8.36. The van der Waals surface area contributed by atoms with Crippen LogP contribution in [0.4, 0.5) is 5.69 Å². The Bertz CT molecular complexity index is 1390. The highest BCUT2D eigenvalue weighted by Gasteiger charge is 2.19. The standard InChI is InChI=1S/C24H25N9O/c1-32(2)9-8-21(16-6-4-3-5-7-16)33-15-19(14-28-33)29-24(34)23-22-20(30-31-23)10-17(11-25-22)18-12-26-27-13-18/h3-7,10-15,21H,8-9H2,1-2H3,(H,26,27)(H,29,34)(H,30,31). The van der Waals surface area contributed by atoms with E-state index in [-0.39, 0.29) is 17.6 Å². The number of hydrogen-bond donors (Lipinski definition) is 3. The zero-order chi connectivity index (χ0) is 23.5. The third kappa shape index (κ3) is 4.44. The summed E-state index contributed by atoms with van der Waals surface area (Å²) < 4.78 is 1.90. The number of rotatable bonds is 8. The van der Waals surface area contributed by atoms with Crippen LogP contribution in [0.15, 0.2) is 67.4 Å². The molecule has 34 heavy (non-hydrogen) atoms. The minimum atomic E-state index is -0.348. The van der Waals surface area contributed by atoms with Crippen molar-refractivity contribution in [2.24, 2.45) is 0 Å². The van der Waals surface area contributed by atoms with E-state index in [0.29, 0.717) is 16.7 Å². The molecule has 0 saturated carbocycles. The molecule has 0 aliphatic heterocycles. The Morgan fingerprint density at radius 2 is 2.00 bits per heavy atom. The van der Waals surface area contributed by atoms with Crippen molar-refractivity contribution >= 4 is 22.6 Å². The van der Waals surface area contributed by atoms with Gasteiger partial charge in [0, 0.05) is 29.7 Å². The average molecular weight is 456 g/mol. The Kier molecular flexibility index (Phi) is 5.88. The number of fused-ring (bicyclic) bond motifs is 1. The predicted octanol–water partition coefficient (Wildman–Crippen LogP) is 3.34. The van der Waals surface area contributed by atoms with E-state index in [4.69, 9.17) is 0 Å². The number of pyridine rings is 1. The number of hydrogen-bond acceptors (Lipinski definition) is 6. The van der Waals surface area contributed by atoms with Crippen molar-refractivity contribution in [2.45, 2.75) is 12.5 Å². The zero-order valence-electron chi connectivity index (χ0n) is 18.9. The van der Waals surface area contributed by atoms with E-state index in [1.807, 2.05) is 35.1 Å². The number of carbonyl (C=O) groups excluding carboxylic acids is 1. The van der Waals surface area contributed by atoms with Crippen molar-refractivity contribution < 1.29 is 4.79 Å². The zero-order valence-corrected chi connectivity index (χ0v) is 18.9. The van der Waals surface area contributed by atoms with E-state index in [9.17, 15) is 4.79 Å². The molecule has 0 saturated heterocycles. The summed E-state index contributed by atoms with van der Waals surface area (Å²) in [6.07, 6.45) is 9.59. The molecule has 4 heterocycles. The number of benzene rings is 1. The Morgan fingerprint density at radius 1 is 1.15 bits per heavy atom. The molecule has 0 bridgehead atoms. The number of nitrogens with zero attached hydrogens (tertiary/aromatic N) is 6. The molecule has 0 aliphatic rings. The van der Waals surface area contributed by atoms with Gasteiger partial charge in [0.05, 0.1) is 29.6 Å². The van der Waals surface area contributed by atoms with Gasteiger partial charge in [-0.2, -0.15) is 15.3 Å². The van der Waals surface area contributed by atoms with Gasteiger partial charge in [-0.25, -0.2) is 0 Å². The van der Waals surface area contributed by atoms with Crippen molar-refractivity contribution in [3.63, 3.8) is 0 Å². The summed E-state index contributed by atoms with van der Waals surface area (Å²) >= 11 is 0. The average Bonchev–Trinajstić information content (AvgIpc) is 3.60. The molecule has 0 aliphatic carbocycles. The van der Waals surface area contributed by atoms with Crippen LogP contribution < -0.4 is 5.32 Å². The van der Waals surface area contributed by atoms with Crippen molar-refractivity contribution in [1.82, 2.24) is 40.1 Å². The molecule has 0 fully saturated rings. The van der Waals surface area contributed by atoms with Crippen LogP contribution >= 0.6 is 0 Å². The number of aromatic amines is 2. The fraction of sp³-hybridized carbons (Fsp3) is 0.208. The highest BCUT2D eigenvalue weighted by molar-refractivity contribution is 6.10. The highest BCUT2D eigenvalue weighted by Crippen LogP contribution is 2.25. The van der Waals surface area contributed by atoms with E-state index in [0.717, 1.165) is 24.1 Å². The molecule has 1 amide bonds. The van der Waals surface area contributed by atoms with E-state index >= 15 is 0 Å². The molecule has 1 aromatic carbocycles. The minimum Gasteiger partial charge on any atom is -0.318 e. The molecule has 1 unspecified atom stereocenters. The molecule has 4 aromatic heterocycles. The SMILES string of the molecule is CN(C)CCC(c1ccccc1)n1cc(NC(=O)c2n[nH]c3cc(-c4cn[nH]c4)cnc23)cn1. The van der Waals surface area contributed by atoms with Gasteiger partial charge < -0.3 is 10.2 Å². The molecule has 172 valence electrons. The van der Waals surface area contributed by atoms with Gasteiger partial charge in [-0.15, -0.1) is 0 Å². The van der Waals surface area contributed by atoms with E-state index in [2.05, 4.69) is 66.9 Å². The van der Waals surface area contributed by atoms with E-state index in [1.54, 1.807) is 24.8 Å². The molecular weight excluding hydrogens is 430 g/mol. The van der Waals surface area contributed by atoms with Crippen LogP contribution in [0.2, 0.25) is 0 Å². The van der Waals surface area contributed by atoms with Crippen molar-refractivity contribution in [1.29, 1.82) is 0 Å². The molecular formula is C24H25N9O. The number of H-pyrrole nitrogens is 2. The Hall–Kier alpha value is -4.31. The monoisotopic (exact) mass is 455 g/mol. The second-order valence-corrected chi connectivity index (χ2v) is 8.36. The van der Waals surface area contributed by atoms with Crippen LogP contribution in [0.25, 0.3) is 22.2 Å². The molecule has 0 spiro atoms. The Morgan fingerprint density at radius 3 is 2.76 bits per heavy atom. The number of anilines is 1. The van der Waals surface area contributed by atoms with Gasteiger partial charge >= 0.3 is 0 Å². The summed E-state index contributed by atoms with van der Waals surface area (Å²) in [6.45, 7) is 0.910. The Balaban J connectivity index is 1.35. The number of aromatic nitrogens is 7. The summed E-state index contributed by atoms with van der Waals surface area (Å²) in [5, 5.41) is 21.3. The third-order valence-corrected chi connectivity index (χ3v) is 5.66.